The van der Waals surface area contributed by atoms with E-state index in [0.29, 0.717) is 0 Å². The molecule has 0 N–H and O–H groups in total. The molecule has 152 valence electrons. The molecule has 4 rings (SSSR count). The lowest BCUT2D eigenvalue weighted by Crippen LogP contribution is -2.35. The summed E-state index contributed by atoms with van der Waals surface area (Å²) < 4.78 is 43.1. The molecule has 2 aliphatic rings. The highest BCUT2D eigenvalue weighted by Gasteiger charge is 2.52. The Morgan fingerprint density at radius 3 is 2.86 bits per heavy atom. The number of azide groups is 1. The number of aromatic nitrogens is 2. The first-order chi connectivity index (χ1) is 13.8. The molecule has 3 atom stereocenters. The van der Waals surface area contributed by atoms with Gasteiger partial charge in [0.05, 0.1) is 23.6 Å². The molecule has 12 heteroatoms. The summed E-state index contributed by atoms with van der Waals surface area (Å²) in [5.41, 5.74) is 8.29. The van der Waals surface area contributed by atoms with E-state index >= 15 is 0 Å². The maximum atomic E-state index is 12.5. The summed E-state index contributed by atoms with van der Waals surface area (Å²) in [6.07, 6.45) is 0.865. The molecule has 0 bridgehead atoms. The van der Waals surface area contributed by atoms with Crippen LogP contribution in [-0.4, -0.2) is 43.3 Å². The van der Waals surface area contributed by atoms with Crippen molar-refractivity contribution in [1.82, 2.24) is 9.55 Å². The van der Waals surface area contributed by atoms with Crippen LogP contribution in [0.5, 0.6) is 6.01 Å². The Labute approximate surface area is 165 Å². The van der Waals surface area contributed by atoms with E-state index in [1.165, 1.54) is 24.4 Å². The molecule has 0 aliphatic carbocycles. The average molecular weight is 419 g/mol. The van der Waals surface area contributed by atoms with E-state index in [1.807, 2.05) is 6.92 Å². The summed E-state index contributed by atoms with van der Waals surface area (Å²) in [6.45, 7) is 1.55. The third kappa shape index (κ3) is 3.58. The van der Waals surface area contributed by atoms with Crippen molar-refractivity contribution in [2.24, 2.45) is 5.11 Å². The maximum absolute atomic E-state index is 12.5. The van der Waals surface area contributed by atoms with Crippen LogP contribution in [0.3, 0.4) is 0 Å². The number of fused-ring (bicyclic) bond motifs is 2. The second kappa shape index (κ2) is 7.16. The van der Waals surface area contributed by atoms with E-state index in [-0.39, 0.29) is 30.5 Å². The van der Waals surface area contributed by atoms with Gasteiger partial charge < -0.3 is 9.47 Å². The van der Waals surface area contributed by atoms with Gasteiger partial charge in [-0.05, 0) is 24.6 Å². The van der Waals surface area contributed by atoms with Crippen LogP contribution in [0.25, 0.3) is 10.4 Å². The topological polar surface area (TPSA) is 145 Å². The van der Waals surface area contributed by atoms with E-state index in [9.17, 15) is 13.2 Å². The number of aryl methyl sites for hydroxylation is 1. The van der Waals surface area contributed by atoms with Crippen LogP contribution in [0.15, 0.2) is 51.3 Å². The first kappa shape index (κ1) is 19.4. The smallest absolute Gasteiger partial charge is 0.302 e. The molecular formula is C17H17N5O6S. The summed E-state index contributed by atoms with van der Waals surface area (Å²) in [7, 11) is -4.01. The largest absolute Gasteiger partial charge is 0.459 e. The van der Waals surface area contributed by atoms with Gasteiger partial charge in [0, 0.05) is 23.6 Å². The third-order valence-electron chi connectivity index (χ3n) is 4.87. The summed E-state index contributed by atoms with van der Waals surface area (Å²) in [5.74, 6) is 0. The van der Waals surface area contributed by atoms with E-state index in [4.69, 9.17) is 19.2 Å². The van der Waals surface area contributed by atoms with Crippen LogP contribution in [0.1, 0.15) is 12.0 Å². The maximum Gasteiger partial charge on any atom is 0.302 e. The zero-order valence-corrected chi connectivity index (χ0v) is 16.2. The molecule has 3 heterocycles. The molecule has 1 aromatic carbocycles. The van der Waals surface area contributed by atoms with Gasteiger partial charge in [0.1, 0.15) is 6.61 Å². The van der Waals surface area contributed by atoms with E-state index in [1.54, 1.807) is 16.7 Å². The van der Waals surface area contributed by atoms with Crippen molar-refractivity contribution in [2.45, 2.75) is 36.1 Å². The predicted octanol–water partition coefficient (Wildman–Crippen LogP) is 1.47. The van der Waals surface area contributed by atoms with Crippen molar-refractivity contribution in [2.75, 3.05) is 13.2 Å². The van der Waals surface area contributed by atoms with Crippen molar-refractivity contribution in [3.63, 3.8) is 0 Å². The minimum atomic E-state index is -4.01. The van der Waals surface area contributed by atoms with Crippen LogP contribution in [0.4, 0.5) is 0 Å². The van der Waals surface area contributed by atoms with Crippen LogP contribution < -0.4 is 10.3 Å². The quantitative estimate of drug-likeness (QED) is 0.309. The van der Waals surface area contributed by atoms with Crippen molar-refractivity contribution in [3.05, 3.63) is 62.9 Å². The number of benzene rings is 1. The second-order valence-electron chi connectivity index (χ2n) is 6.84. The molecule has 2 aliphatic heterocycles. The van der Waals surface area contributed by atoms with Gasteiger partial charge in [0.2, 0.25) is 0 Å². The summed E-state index contributed by atoms with van der Waals surface area (Å²) in [6, 6.07) is 6.90. The van der Waals surface area contributed by atoms with Gasteiger partial charge >= 0.3 is 6.01 Å². The standard InChI is InChI=1S/C17H17N5O6S/c1-11-2-4-12(5-3-11)29(24,25)27-9-14-13(20-21-18)8-17(28-14)10-26-16-19-15(23)6-7-22(16)17/h2-7,13-14H,8-10H2,1H3/t13-,14+,17-/m0/s1. The molecule has 1 spiro atoms. The molecule has 0 amide bonds. The van der Waals surface area contributed by atoms with Crippen LogP contribution in [-0.2, 0) is 24.8 Å². The first-order valence-electron chi connectivity index (χ1n) is 8.74. The Balaban J connectivity index is 1.56. The zero-order chi connectivity index (χ0) is 20.6. The third-order valence-corrected chi connectivity index (χ3v) is 6.16. The van der Waals surface area contributed by atoms with Gasteiger partial charge in [0.15, 0.2) is 5.72 Å². The summed E-state index contributed by atoms with van der Waals surface area (Å²) in [4.78, 5) is 18.1. The van der Waals surface area contributed by atoms with Gasteiger partial charge in [-0.15, -0.1) is 0 Å². The summed E-state index contributed by atoms with van der Waals surface area (Å²) in [5, 5.41) is 3.73. The highest BCUT2D eigenvalue weighted by Crippen LogP contribution is 2.42. The number of ether oxygens (including phenoxy) is 2. The van der Waals surface area contributed by atoms with E-state index in [2.05, 4.69) is 15.0 Å². The van der Waals surface area contributed by atoms with Gasteiger partial charge in [0.25, 0.3) is 15.7 Å². The molecule has 1 saturated heterocycles. The normalized spacial score (nSPS) is 25.4. The lowest BCUT2D eigenvalue weighted by Gasteiger charge is -2.24. The van der Waals surface area contributed by atoms with Crippen molar-refractivity contribution in [1.29, 1.82) is 0 Å². The van der Waals surface area contributed by atoms with Gasteiger partial charge in [-0.25, -0.2) is 0 Å². The molecule has 11 nitrogen and oxygen atoms in total. The fourth-order valence-electron chi connectivity index (χ4n) is 3.42. The Hall–Kier alpha value is -2.92. The first-order valence-corrected chi connectivity index (χ1v) is 10.1. The lowest BCUT2D eigenvalue weighted by atomic mass is 10.1. The molecule has 0 unspecified atom stereocenters. The SMILES string of the molecule is Cc1ccc(S(=O)(=O)OC[C@H]2O[C@]3(COc4nc(=O)ccn43)C[C@@H]2N=[N+]=[N-])cc1. The number of hydrogen-bond donors (Lipinski definition) is 0. The molecule has 1 aromatic heterocycles. The summed E-state index contributed by atoms with van der Waals surface area (Å²) >= 11 is 0. The number of rotatable bonds is 5. The van der Waals surface area contributed by atoms with Gasteiger partial charge in [-0.1, -0.05) is 22.8 Å². The minimum Gasteiger partial charge on any atom is -0.459 e. The van der Waals surface area contributed by atoms with Crippen molar-refractivity contribution in [3.8, 4) is 6.01 Å². The van der Waals surface area contributed by atoms with Crippen LogP contribution in [0, 0.1) is 6.92 Å². The van der Waals surface area contributed by atoms with Gasteiger partial charge in [-0.2, -0.15) is 13.4 Å². The average Bonchev–Trinajstić information content (AvgIpc) is 3.21. The molecule has 29 heavy (non-hydrogen) atoms. The Morgan fingerprint density at radius 1 is 1.38 bits per heavy atom. The molecule has 2 aromatic rings. The fourth-order valence-corrected chi connectivity index (χ4v) is 4.34. The van der Waals surface area contributed by atoms with Crippen molar-refractivity contribution >= 4 is 10.1 Å². The highest BCUT2D eigenvalue weighted by molar-refractivity contribution is 7.86. The lowest BCUT2D eigenvalue weighted by molar-refractivity contribution is -0.106. The molecular weight excluding hydrogens is 402 g/mol. The monoisotopic (exact) mass is 419 g/mol. The fraction of sp³-hybridized carbons (Fsp3) is 0.412. The number of nitrogens with zero attached hydrogens (tertiary/aromatic N) is 5. The van der Waals surface area contributed by atoms with Gasteiger partial charge in [-0.3, -0.25) is 13.5 Å². The van der Waals surface area contributed by atoms with Crippen LogP contribution in [0.2, 0.25) is 0 Å². The van der Waals surface area contributed by atoms with Crippen LogP contribution >= 0.6 is 0 Å². The number of hydrogen-bond acceptors (Lipinski definition) is 8. The Kier molecular flexibility index (Phi) is 4.79. The van der Waals surface area contributed by atoms with Crippen molar-refractivity contribution < 1.29 is 22.1 Å². The molecule has 0 saturated carbocycles. The molecule has 1 fully saturated rings. The predicted molar refractivity (Wildman–Crippen MR) is 98.7 cm³/mol. The Bertz CT molecular complexity index is 1140. The van der Waals surface area contributed by atoms with E-state index < -0.39 is 33.5 Å². The zero-order valence-electron chi connectivity index (χ0n) is 15.3. The minimum absolute atomic E-state index is 0.0206. The second-order valence-corrected chi connectivity index (χ2v) is 8.45. The molecule has 0 radical (unpaired) electrons. The van der Waals surface area contributed by atoms with E-state index in [0.717, 1.165) is 5.56 Å². The highest BCUT2D eigenvalue weighted by atomic mass is 32.2. The Morgan fingerprint density at radius 2 is 2.14 bits per heavy atom.